The summed E-state index contributed by atoms with van der Waals surface area (Å²) in [5, 5.41) is 17.7. The SMILES string of the molecule is CN(C)C(C(=O)O)c1cccc(OC(F)F)c1.O=C(O)C(Br)c1cccc(OC(F)F)c1. The lowest BCUT2D eigenvalue weighted by atomic mass is 10.1. The van der Waals surface area contributed by atoms with Crippen LogP contribution in [0.3, 0.4) is 0 Å². The van der Waals surface area contributed by atoms with E-state index in [2.05, 4.69) is 25.4 Å². The van der Waals surface area contributed by atoms with Crippen molar-refractivity contribution in [1.82, 2.24) is 4.90 Å². The van der Waals surface area contributed by atoms with Gasteiger partial charge in [0, 0.05) is 0 Å². The van der Waals surface area contributed by atoms with Crippen molar-refractivity contribution >= 4 is 27.9 Å². The molecule has 0 aliphatic carbocycles. The second-order valence-corrected chi connectivity index (χ2v) is 7.22. The van der Waals surface area contributed by atoms with Crippen molar-refractivity contribution in [3.8, 4) is 11.5 Å². The standard InChI is InChI=1S/C11H13F2NO3.C9H7BrF2O3/c1-14(2)9(10(15)16)7-4-3-5-8(6-7)17-11(12)13;10-7(8(13)14)5-2-1-3-6(4-5)15-9(11)12/h3-6,9,11H,1-2H3,(H,15,16);1-4,7,9H,(H,13,14). The smallest absolute Gasteiger partial charge is 0.387 e. The van der Waals surface area contributed by atoms with Gasteiger partial charge in [-0.2, -0.15) is 17.6 Å². The fraction of sp³-hybridized carbons (Fsp3) is 0.300. The van der Waals surface area contributed by atoms with Gasteiger partial charge in [0.15, 0.2) is 0 Å². The molecule has 0 spiro atoms. The molecule has 0 radical (unpaired) electrons. The highest BCUT2D eigenvalue weighted by Crippen LogP contribution is 2.27. The molecule has 0 fully saturated rings. The Morgan fingerprint density at radius 2 is 1.28 bits per heavy atom. The predicted molar refractivity (Wildman–Crippen MR) is 110 cm³/mol. The third-order valence-corrected chi connectivity index (χ3v) is 4.66. The Morgan fingerprint density at radius 3 is 1.66 bits per heavy atom. The van der Waals surface area contributed by atoms with E-state index in [0.29, 0.717) is 11.1 Å². The molecule has 2 N–H and O–H groups in total. The molecule has 176 valence electrons. The third kappa shape index (κ3) is 9.10. The maximum absolute atomic E-state index is 12.0. The first kappa shape index (κ1) is 27.2. The number of carbonyl (C=O) groups is 2. The van der Waals surface area contributed by atoms with E-state index >= 15 is 0 Å². The highest BCUT2D eigenvalue weighted by atomic mass is 79.9. The number of carboxylic acid groups (broad SMARTS) is 2. The molecule has 2 aromatic rings. The largest absolute Gasteiger partial charge is 0.480 e. The van der Waals surface area contributed by atoms with E-state index in [4.69, 9.17) is 10.2 Å². The molecule has 0 aliphatic heterocycles. The molecular formula is C20H20BrF4NO6. The summed E-state index contributed by atoms with van der Waals surface area (Å²) in [6.07, 6.45) is 0. The second-order valence-electron chi connectivity index (χ2n) is 6.31. The summed E-state index contributed by atoms with van der Waals surface area (Å²) in [5.41, 5.74) is 0.737. The highest BCUT2D eigenvalue weighted by Gasteiger charge is 2.22. The summed E-state index contributed by atoms with van der Waals surface area (Å²) in [6.45, 7) is -5.84. The number of aliphatic carboxylic acids is 2. The van der Waals surface area contributed by atoms with E-state index in [9.17, 15) is 27.2 Å². The van der Waals surface area contributed by atoms with Crippen LogP contribution in [0.2, 0.25) is 0 Å². The van der Waals surface area contributed by atoms with Gasteiger partial charge in [-0.3, -0.25) is 14.5 Å². The van der Waals surface area contributed by atoms with Gasteiger partial charge in [0.2, 0.25) is 0 Å². The summed E-state index contributed by atoms with van der Waals surface area (Å²) in [4.78, 5) is 22.2. The first-order chi connectivity index (χ1) is 14.9. The average molecular weight is 526 g/mol. The summed E-state index contributed by atoms with van der Waals surface area (Å²) in [5.74, 6) is -2.26. The normalized spacial score (nSPS) is 12.7. The molecule has 32 heavy (non-hydrogen) atoms. The van der Waals surface area contributed by atoms with Crippen LogP contribution in [0.4, 0.5) is 17.6 Å². The Kier molecular flexibility index (Phi) is 10.9. The van der Waals surface area contributed by atoms with Gasteiger partial charge in [-0.15, -0.1) is 0 Å². The van der Waals surface area contributed by atoms with Crippen LogP contribution in [0, 0.1) is 0 Å². The minimum atomic E-state index is -2.92. The van der Waals surface area contributed by atoms with E-state index in [1.54, 1.807) is 20.2 Å². The number of nitrogens with zero attached hydrogens (tertiary/aromatic N) is 1. The minimum absolute atomic E-state index is 0.0504. The molecule has 0 heterocycles. The van der Waals surface area contributed by atoms with Gasteiger partial charge in [0.25, 0.3) is 0 Å². The molecule has 2 aromatic carbocycles. The molecule has 2 unspecified atom stereocenters. The van der Waals surface area contributed by atoms with E-state index in [1.165, 1.54) is 47.4 Å². The lowest BCUT2D eigenvalue weighted by molar-refractivity contribution is -0.142. The van der Waals surface area contributed by atoms with Crippen LogP contribution in [-0.4, -0.2) is 54.4 Å². The Balaban J connectivity index is 0.000000323. The molecule has 7 nitrogen and oxygen atoms in total. The van der Waals surface area contributed by atoms with Crippen molar-refractivity contribution in [2.24, 2.45) is 0 Å². The Bertz CT molecular complexity index is 900. The van der Waals surface area contributed by atoms with Crippen LogP contribution in [0.15, 0.2) is 48.5 Å². The number of hydrogen-bond donors (Lipinski definition) is 2. The monoisotopic (exact) mass is 525 g/mol. The minimum Gasteiger partial charge on any atom is -0.480 e. The fourth-order valence-electron chi connectivity index (χ4n) is 2.51. The molecule has 0 amide bonds. The van der Waals surface area contributed by atoms with Crippen molar-refractivity contribution in [3.05, 3.63) is 59.7 Å². The van der Waals surface area contributed by atoms with Gasteiger partial charge in [-0.25, -0.2) is 0 Å². The molecule has 0 saturated carbocycles. The lowest BCUT2D eigenvalue weighted by Crippen LogP contribution is -2.27. The third-order valence-electron chi connectivity index (χ3n) is 3.74. The molecule has 12 heteroatoms. The van der Waals surface area contributed by atoms with Gasteiger partial charge < -0.3 is 19.7 Å². The van der Waals surface area contributed by atoms with Crippen molar-refractivity contribution in [3.63, 3.8) is 0 Å². The molecule has 2 atom stereocenters. The first-order valence-electron chi connectivity index (χ1n) is 8.78. The van der Waals surface area contributed by atoms with E-state index in [0.717, 1.165) is 0 Å². The van der Waals surface area contributed by atoms with Crippen molar-refractivity contribution in [2.75, 3.05) is 14.1 Å². The van der Waals surface area contributed by atoms with Gasteiger partial charge in [0.1, 0.15) is 22.4 Å². The summed E-state index contributed by atoms with van der Waals surface area (Å²) < 4.78 is 56.1. The first-order valence-corrected chi connectivity index (χ1v) is 9.69. The number of hydrogen-bond acceptors (Lipinski definition) is 5. The van der Waals surface area contributed by atoms with E-state index < -0.39 is 36.0 Å². The fourth-order valence-corrected chi connectivity index (χ4v) is 2.80. The maximum atomic E-state index is 12.0. The lowest BCUT2D eigenvalue weighted by Gasteiger charge is -2.20. The maximum Gasteiger partial charge on any atom is 0.387 e. The van der Waals surface area contributed by atoms with E-state index in [-0.39, 0.29) is 11.5 Å². The average Bonchev–Trinajstić information content (AvgIpc) is 2.66. The summed E-state index contributed by atoms with van der Waals surface area (Å²) in [6, 6.07) is 10.3. The number of likely N-dealkylation sites (N-methyl/N-ethyl adjacent to an activating group) is 1. The van der Waals surface area contributed by atoms with Gasteiger partial charge >= 0.3 is 25.2 Å². The molecule has 0 aliphatic rings. The van der Waals surface area contributed by atoms with Crippen LogP contribution in [0.25, 0.3) is 0 Å². The second kappa shape index (κ2) is 12.9. The number of halogens is 5. The number of benzene rings is 2. The Hall–Kier alpha value is -2.86. The van der Waals surface area contributed by atoms with Crippen LogP contribution >= 0.6 is 15.9 Å². The topological polar surface area (TPSA) is 96.3 Å². The summed E-state index contributed by atoms with van der Waals surface area (Å²) >= 11 is 2.91. The van der Waals surface area contributed by atoms with Gasteiger partial charge in [-0.05, 0) is 49.5 Å². The zero-order valence-electron chi connectivity index (χ0n) is 16.8. The molecule has 0 bridgehead atoms. The van der Waals surface area contributed by atoms with Crippen LogP contribution in [-0.2, 0) is 9.59 Å². The predicted octanol–water partition coefficient (Wildman–Crippen LogP) is 4.78. The van der Waals surface area contributed by atoms with Gasteiger partial charge in [0.05, 0.1) is 0 Å². The highest BCUT2D eigenvalue weighted by molar-refractivity contribution is 9.09. The van der Waals surface area contributed by atoms with Crippen LogP contribution < -0.4 is 9.47 Å². The van der Waals surface area contributed by atoms with Crippen molar-refractivity contribution in [1.29, 1.82) is 0 Å². The number of ether oxygens (including phenoxy) is 2. The number of alkyl halides is 5. The molecule has 0 aromatic heterocycles. The van der Waals surface area contributed by atoms with Crippen LogP contribution in [0.5, 0.6) is 11.5 Å². The van der Waals surface area contributed by atoms with Crippen molar-refractivity contribution < 1.29 is 46.8 Å². The van der Waals surface area contributed by atoms with Crippen LogP contribution in [0.1, 0.15) is 22.0 Å². The number of carboxylic acids is 2. The zero-order chi connectivity index (χ0) is 24.4. The molecule has 0 saturated heterocycles. The Labute approximate surface area is 189 Å². The quantitative estimate of drug-likeness (QED) is 0.359. The van der Waals surface area contributed by atoms with E-state index in [1.807, 2.05) is 0 Å². The molecule has 2 rings (SSSR count). The van der Waals surface area contributed by atoms with Gasteiger partial charge in [-0.1, -0.05) is 40.2 Å². The van der Waals surface area contributed by atoms with Crippen molar-refractivity contribution in [2.45, 2.75) is 24.1 Å². The summed E-state index contributed by atoms with van der Waals surface area (Å²) in [7, 11) is 3.19. The Morgan fingerprint density at radius 1 is 0.844 bits per heavy atom. The number of rotatable bonds is 9. The molecular weight excluding hydrogens is 506 g/mol. The zero-order valence-corrected chi connectivity index (χ0v) is 18.4.